The maximum absolute atomic E-state index is 13.2. The monoisotopic (exact) mass is 511 g/mol. The number of hydrogen-bond acceptors (Lipinski definition) is 6. The summed E-state index contributed by atoms with van der Waals surface area (Å²) in [7, 11) is 1.76. The number of aryl methyl sites for hydroxylation is 1. The predicted octanol–water partition coefficient (Wildman–Crippen LogP) is 2.36. The molecule has 0 radical (unpaired) electrons. The Kier molecular flexibility index (Phi) is 6.64. The molecule has 1 unspecified atom stereocenters. The molecular weight excluding hydrogens is 474 g/mol. The van der Waals surface area contributed by atoms with Gasteiger partial charge in [-0.05, 0) is 63.5 Å². The van der Waals surface area contributed by atoms with E-state index in [-0.39, 0.29) is 24.1 Å². The topological polar surface area (TPSA) is 106 Å². The highest BCUT2D eigenvalue weighted by Crippen LogP contribution is 2.44. The number of fused-ring (bicyclic) bond motifs is 1. The van der Waals surface area contributed by atoms with Crippen LogP contribution in [0.25, 0.3) is 11.0 Å². The van der Waals surface area contributed by atoms with Crippen LogP contribution in [0.4, 0.5) is 4.79 Å². The zero-order valence-corrected chi connectivity index (χ0v) is 22.2. The standard InChI is InChI=1S/C27H37N5O5/c1-27(2,3)37-26(36)31-12-10-30(11-13-31)16-17-14-18(15-17)19-6-5-7-20-23(19)29(4)25(35)32(20)21-8-9-22(33)28-24(21)34/h5-7,17-18,21H,8-16H2,1-4H3,(H,28,33,34)/t17-,18+,21?. The number of ether oxygens (including phenoxy) is 1. The van der Waals surface area contributed by atoms with Crippen LogP contribution in [-0.4, -0.2) is 75.2 Å². The maximum Gasteiger partial charge on any atom is 0.410 e. The van der Waals surface area contributed by atoms with Crippen LogP contribution in [-0.2, 0) is 21.4 Å². The van der Waals surface area contributed by atoms with Gasteiger partial charge in [0.05, 0.1) is 11.0 Å². The second kappa shape index (κ2) is 9.63. The normalized spacial score (nSPS) is 25.2. The zero-order valence-electron chi connectivity index (χ0n) is 22.2. The average molecular weight is 512 g/mol. The predicted molar refractivity (Wildman–Crippen MR) is 138 cm³/mol. The molecule has 3 amide bonds. The summed E-state index contributed by atoms with van der Waals surface area (Å²) in [6.07, 6.45) is 2.42. The van der Waals surface area contributed by atoms with Crippen LogP contribution >= 0.6 is 0 Å². The Morgan fingerprint density at radius 3 is 2.43 bits per heavy atom. The second-order valence-electron chi connectivity index (χ2n) is 11.7. The number of amides is 3. The van der Waals surface area contributed by atoms with Gasteiger partial charge in [-0.2, -0.15) is 0 Å². The Hall–Kier alpha value is -3.14. The van der Waals surface area contributed by atoms with Crippen molar-refractivity contribution in [3.05, 3.63) is 34.2 Å². The van der Waals surface area contributed by atoms with Gasteiger partial charge in [0.2, 0.25) is 11.8 Å². The molecule has 200 valence electrons. The molecule has 1 aliphatic carbocycles. The summed E-state index contributed by atoms with van der Waals surface area (Å²) < 4.78 is 8.71. The summed E-state index contributed by atoms with van der Waals surface area (Å²) in [6, 6.07) is 5.28. The minimum Gasteiger partial charge on any atom is -0.444 e. The molecule has 2 aliphatic heterocycles. The van der Waals surface area contributed by atoms with Crippen molar-refractivity contribution in [1.29, 1.82) is 0 Å². The number of imidazole rings is 1. The lowest BCUT2D eigenvalue weighted by Crippen LogP contribution is -2.51. The van der Waals surface area contributed by atoms with E-state index in [1.807, 2.05) is 32.9 Å². The van der Waals surface area contributed by atoms with Crippen LogP contribution < -0.4 is 11.0 Å². The summed E-state index contributed by atoms with van der Waals surface area (Å²) in [6.45, 7) is 9.72. The first-order valence-corrected chi connectivity index (χ1v) is 13.3. The quantitative estimate of drug-likeness (QED) is 0.632. The third kappa shape index (κ3) is 5.03. The van der Waals surface area contributed by atoms with Crippen LogP contribution in [0.2, 0.25) is 0 Å². The highest BCUT2D eigenvalue weighted by molar-refractivity contribution is 6.00. The number of hydrogen-bond donors (Lipinski definition) is 1. The van der Waals surface area contributed by atoms with Gasteiger partial charge in [-0.15, -0.1) is 0 Å². The van der Waals surface area contributed by atoms with Gasteiger partial charge in [-0.25, -0.2) is 9.59 Å². The van der Waals surface area contributed by atoms with E-state index in [9.17, 15) is 19.2 Å². The zero-order chi connectivity index (χ0) is 26.5. The number of carbonyl (C=O) groups is 3. The molecule has 3 heterocycles. The molecule has 3 aliphatic rings. The number of imide groups is 1. The fourth-order valence-electron chi connectivity index (χ4n) is 5.97. The number of nitrogens with one attached hydrogen (secondary N) is 1. The highest BCUT2D eigenvalue weighted by atomic mass is 16.6. The van der Waals surface area contributed by atoms with Crippen LogP contribution in [0.15, 0.2) is 23.0 Å². The van der Waals surface area contributed by atoms with Crippen LogP contribution in [0, 0.1) is 5.92 Å². The largest absolute Gasteiger partial charge is 0.444 e. The molecule has 5 rings (SSSR count). The van der Waals surface area contributed by atoms with E-state index >= 15 is 0 Å². The fraction of sp³-hybridized carbons (Fsp3) is 0.630. The lowest BCUT2D eigenvalue weighted by Gasteiger charge is -2.42. The van der Waals surface area contributed by atoms with E-state index < -0.39 is 17.6 Å². The lowest BCUT2D eigenvalue weighted by atomic mass is 9.71. The Balaban J connectivity index is 1.22. The molecule has 1 saturated carbocycles. The van der Waals surface area contributed by atoms with E-state index in [4.69, 9.17) is 4.74 Å². The maximum atomic E-state index is 13.2. The van der Waals surface area contributed by atoms with Gasteiger partial charge in [0.15, 0.2) is 0 Å². The van der Waals surface area contributed by atoms with Crippen molar-refractivity contribution in [3.63, 3.8) is 0 Å². The Labute approximate surface area is 216 Å². The molecule has 37 heavy (non-hydrogen) atoms. The third-order valence-corrected chi connectivity index (χ3v) is 7.87. The lowest BCUT2D eigenvalue weighted by molar-refractivity contribution is -0.135. The smallest absolute Gasteiger partial charge is 0.410 e. The molecule has 1 aromatic heterocycles. The molecular formula is C27H37N5O5. The van der Waals surface area contributed by atoms with Crippen molar-refractivity contribution in [3.8, 4) is 0 Å². The first kappa shape index (κ1) is 25.5. The fourth-order valence-corrected chi connectivity index (χ4v) is 5.97. The average Bonchev–Trinajstić information content (AvgIpc) is 3.06. The van der Waals surface area contributed by atoms with Gasteiger partial charge in [-0.3, -0.25) is 28.9 Å². The highest BCUT2D eigenvalue weighted by Gasteiger charge is 2.36. The summed E-state index contributed by atoms with van der Waals surface area (Å²) in [5.41, 5.74) is 2.07. The van der Waals surface area contributed by atoms with Crippen molar-refractivity contribution in [2.45, 2.75) is 64.0 Å². The number of carbonyl (C=O) groups excluding carboxylic acids is 3. The minimum absolute atomic E-state index is 0.226. The van der Waals surface area contributed by atoms with Crippen molar-refractivity contribution < 1.29 is 19.1 Å². The summed E-state index contributed by atoms with van der Waals surface area (Å²) in [5.74, 6) is 0.233. The first-order valence-electron chi connectivity index (χ1n) is 13.3. The van der Waals surface area contributed by atoms with Gasteiger partial charge in [0.25, 0.3) is 0 Å². The Morgan fingerprint density at radius 1 is 1.08 bits per heavy atom. The number of aromatic nitrogens is 2. The van der Waals surface area contributed by atoms with Crippen molar-refractivity contribution in [2.24, 2.45) is 13.0 Å². The van der Waals surface area contributed by atoms with Gasteiger partial charge in [0, 0.05) is 46.2 Å². The molecule has 1 atom stereocenters. The second-order valence-corrected chi connectivity index (χ2v) is 11.7. The molecule has 0 bridgehead atoms. The van der Waals surface area contributed by atoms with Gasteiger partial charge >= 0.3 is 11.8 Å². The number of rotatable bonds is 4. The van der Waals surface area contributed by atoms with Gasteiger partial charge < -0.3 is 9.64 Å². The number of piperazine rings is 1. The van der Waals surface area contributed by atoms with Crippen molar-refractivity contribution >= 4 is 28.9 Å². The van der Waals surface area contributed by atoms with Crippen molar-refractivity contribution in [1.82, 2.24) is 24.3 Å². The molecule has 1 N–H and O–H groups in total. The summed E-state index contributed by atoms with van der Waals surface area (Å²) in [5, 5.41) is 2.37. The molecule has 10 nitrogen and oxygen atoms in total. The molecule has 10 heteroatoms. The third-order valence-electron chi connectivity index (χ3n) is 7.87. The van der Waals surface area contributed by atoms with Crippen LogP contribution in [0.3, 0.4) is 0 Å². The summed E-state index contributed by atoms with van der Waals surface area (Å²) in [4.78, 5) is 53.9. The first-order chi connectivity index (χ1) is 17.5. The number of nitrogens with zero attached hydrogens (tertiary/aromatic N) is 4. The van der Waals surface area contributed by atoms with Crippen LogP contribution in [0.5, 0.6) is 0 Å². The molecule has 3 fully saturated rings. The molecule has 0 spiro atoms. The number of piperidine rings is 1. The van der Waals surface area contributed by atoms with E-state index in [1.165, 1.54) is 0 Å². The van der Waals surface area contributed by atoms with E-state index in [1.54, 1.807) is 21.1 Å². The SMILES string of the molecule is Cn1c(=O)n(C2CCC(=O)NC2=O)c2cccc([C@H]3C[C@@H](CN4CCN(C(=O)OC(C)(C)C)CC4)C3)c21. The van der Waals surface area contributed by atoms with E-state index in [0.717, 1.165) is 49.1 Å². The number of benzene rings is 1. The number of para-hydroxylation sites is 1. The molecule has 2 saturated heterocycles. The van der Waals surface area contributed by atoms with E-state index in [0.29, 0.717) is 31.3 Å². The van der Waals surface area contributed by atoms with Crippen LogP contribution in [0.1, 0.15) is 64.0 Å². The Morgan fingerprint density at radius 2 is 1.78 bits per heavy atom. The van der Waals surface area contributed by atoms with E-state index in [2.05, 4.69) is 16.3 Å². The van der Waals surface area contributed by atoms with Gasteiger partial charge in [-0.1, -0.05) is 12.1 Å². The molecule has 1 aromatic carbocycles. The minimum atomic E-state index is -0.669. The van der Waals surface area contributed by atoms with Gasteiger partial charge in [0.1, 0.15) is 11.6 Å². The molecule has 2 aromatic rings. The van der Waals surface area contributed by atoms with Crippen molar-refractivity contribution in [2.75, 3.05) is 32.7 Å². The Bertz CT molecular complexity index is 1270. The summed E-state index contributed by atoms with van der Waals surface area (Å²) >= 11 is 0.